The van der Waals surface area contributed by atoms with Gasteiger partial charge in [-0.3, -0.25) is 4.79 Å². The number of carbonyl (C=O) groups is 1. The number of benzene rings is 1. The first kappa shape index (κ1) is 10.7. The summed E-state index contributed by atoms with van der Waals surface area (Å²) in [5.74, 6) is -0.198. The Morgan fingerprint density at radius 1 is 1.36 bits per heavy atom. The van der Waals surface area contributed by atoms with Crippen molar-refractivity contribution in [2.45, 2.75) is 13.8 Å². The minimum Gasteiger partial charge on any atom is -0.274 e. The summed E-state index contributed by atoms with van der Waals surface area (Å²) in [5, 5.41) is 4.51. The lowest BCUT2D eigenvalue weighted by Gasteiger charge is -2.02. The van der Waals surface area contributed by atoms with Crippen LogP contribution in [0.1, 0.15) is 19.4 Å². The fraction of sp³-hybridized carbons (Fsp3) is 0.200. The van der Waals surface area contributed by atoms with Gasteiger partial charge in [0.05, 0.1) is 5.71 Å². The average Bonchev–Trinajstić information content (AvgIpc) is 2.15. The topological polar surface area (TPSA) is 41.5 Å². The van der Waals surface area contributed by atoms with Crippen LogP contribution in [0.3, 0.4) is 0 Å². The number of amides is 1. The van der Waals surface area contributed by atoms with Gasteiger partial charge in [0, 0.05) is 17.5 Å². The minimum atomic E-state index is -0.198. The molecule has 1 N–H and O–H groups in total. The molecule has 3 nitrogen and oxygen atoms in total. The first-order chi connectivity index (χ1) is 6.61. The first-order valence-electron chi connectivity index (χ1n) is 4.17. The standard InChI is InChI=1S/C10H11ClN2O/c1-7(12-13-8(2)14)9-5-3-4-6-10(9)11/h3-6H,1-2H3,(H,13,14). The summed E-state index contributed by atoms with van der Waals surface area (Å²) in [6, 6.07) is 7.35. The molecule has 0 radical (unpaired) electrons. The molecular weight excluding hydrogens is 200 g/mol. The molecule has 0 saturated carbocycles. The Bertz CT molecular complexity index is 374. The minimum absolute atomic E-state index is 0.198. The van der Waals surface area contributed by atoms with Gasteiger partial charge >= 0.3 is 0 Å². The van der Waals surface area contributed by atoms with E-state index < -0.39 is 0 Å². The van der Waals surface area contributed by atoms with Crippen molar-refractivity contribution in [1.29, 1.82) is 0 Å². The van der Waals surface area contributed by atoms with Crippen LogP contribution in [0.5, 0.6) is 0 Å². The lowest BCUT2D eigenvalue weighted by atomic mass is 10.1. The molecule has 4 heteroatoms. The number of nitrogens with one attached hydrogen (secondary N) is 1. The second-order valence-electron chi connectivity index (χ2n) is 2.85. The third kappa shape index (κ3) is 2.85. The van der Waals surface area contributed by atoms with Crippen LogP contribution in [0, 0.1) is 0 Å². The van der Waals surface area contributed by atoms with Gasteiger partial charge in [-0.1, -0.05) is 29.8 Å². The zero-order valence-corrected chi connectivity index (χ0v) is 8.80. The van der Waals surface area contributed by atoms with Crippen molar-refractivity contribution in [2.24, 2.45) is 5.10 Å². The highest BCUT2D eigenvalue weighted by atomic mass is 35.5. The molecular formula is C10H11ClN2O. The zero-order valence-electron chi connectivity index (χ0n) is 8.04. The molecule has 0 aliphatic heterocycles. The summed E-state index contributed by atoms with van der Waals surface area (Å²) < 4.78 is 0. The summed E-state index contributed by atoms with van der Waals surface area (Å²) in [6.45, 7) is 3.19. The number of hydrogen-bond donors (Lipinski definition) is 1. The summed E-state index contributed by atoms with van der Waals surface area (Å²) in [4.78, 5) is 10.6. The third-order valence-corrected chi connectivity index (χ3v) is 1.97. The maximum Gasteiger partial charge on any atom is 0.236 e. The molecule has 1 aromatic rings. The third-order valence-electron chi connectivity index (χ3n) is 1.64. The molecule has 1 rings (SSSR count). The number of carbonyl (C=O) groups excluding carboxylic acids is 1. The maximum absolute atomic E-state index is 10.6. The Kier molecular flexibility index (Phi) is 3.65. The van der Waals surface area contributed by atoms with Crippen molar-refractivity contribution in [3.63, 3.8) is 0 Å². The van der Waals surface area contributed by atoms with Crippen molar-refractivity contribution in [3.8, 4) is 0 Å². The number of hydrazone groups is 1. The van der Waals surface area contributed by atoms with Gasteiger partial charge in [0.25, 0.3) is 0 Å². The highest BCUT2D eigenvalue weighted by Gasteiger charge is 2.01. The van der Waals surface area contributed by atoms with Crippen molar-refractivity contribution in [3.05, 3.63) is 34.9 Å². The molecule has 0 spiro atoms. The molecule has 1 aromatic carbocycles. The summed E-state index contributed by atoms with van der Waals surface area (Å²) in [6.07, 6.45) is 0. The normalized spacial score (nSPS) is 11.2. The van der Waals surface area contributed by atoms with Gasteiger partial charge in [-0.2, -0.15) is 5.10 Å². The Morgan fingerprint density at radius 3 is 2.57 bits per heavy atom. The van der Waals surface area contributed by atoms with E-state index in [1.54, 1.807) is 13.0 Å². The fourth-order valence-electron chi connectivity index (χ4n) is 0.977. The number of nitrogens with zero attached hydrogens (tertiary/aromatic N) is 1. The predicted molar refractivity (Wildman–Crippen MR) is 57.5 cm³/mol. The van der Waals surface area contributed by atoms with Crippen molar-refractivity contribution >= 4 is 23.2 Å². The van der Waals surface area contributed by atoms with Crippen LogP contribution in [-0.4, -0.2) is 11.6 Å². The number of hydrogen-bond acceptors (Lipinski definition) is 2. The van der Waals surface area contributed by atoms with Crippen LogP contribution >= 0.6 is 11.6 Å². The van der Waals surface area contributed by atoms with E-state index in [9.17, 15) is 4.79 Å². The van der Waals surface area contributed by atoms with E-state index in [0.717, 1.165) is 5.56 Å². The summed E-state index contributed by atoms with van der Waals surface area (Å²) in [5.41, 5.74) is 3.87. The van der Waals surface area contributed by atoms with E-state index in [-0.39, 0.29) is 5.91 Å². The zero-order chi connectivity index (χ0) is 10.6. The van der Waals surface area contributed by atoms with Gasteiger partial charge in [-0.25, -0.2) is 5.43 Å². The van der Waals surface area contributed by atoms with E-state index in [1.807, 2.05) is 18.2 Å². The van der Waals surface area contributed by atoms with Gasteiger partial charge in [0.15, 0.2) is 0 Å². The van der Waals surface area contributed by atoms with Crippen molar-refractivity contribution < 1.29 is 4.79 Å². The molecule has 0 heterocycles. The molecule has 0 atom stereocenters. The van der Waals surface area contributed by atoms with Crippen LogP contribution in [-0.2, 0) is 4.79 Å². The molecule has 0 fully saturated rings. The lowest BCUT2D eigenvalue weighted by Crippen LogP contribution is -2.15. The fourth-order valence-corrected chi connectivity index (χ4v) is 1.25. The highest BCUT2D eigenvalue weighted by molar-refractivity contribution is 6.34. The Balaban J connectivity index is 2.89. The largest absolute Gasteiger partial charge is 0.274 e. The molecule has 1 amide bonds. The van der Waals surface area contributed by atoms with Crippen LogP contribution in [0.25, 0.3) is 0 Å². The van der Waals surface area contributed by atoms with Gasteiger partial charge in [0.1, 0.15) is 0 Å². The van der Waals surface area contributed by atoms with Gasteiger partial charge in [-0.15, -0.1) is 0 Å². The first-order valence-corrected chi connectivity index (χ1v) is 4.55. The van der Waals surface area contributed by atoms with Crippen molar-refractivity contribution in [1.82, 2.24) is 5.43 Å². The molecule has 0 saturated heterocycles. The molecule has 14 heavy (non-hydrogen) atoms. The molecule has 0 unspecified atom stereocenters. The van der Waals surface area contributed by atoms with E-state index in [1.165, 1.54) is 6.92 Å². The number of rotatable bonds is 2. The Hall–Kier alpha value is -1.35. The lowest BCUT2D eigenvalue weighted by molar-refractivity contribution is -0.118. The maximum atomic E-state index is 10.6. The van der Waals surface area contributed by atoms with Gasteiger partial charge in [-0.05, 0) is 13.0 Å². The molecule has 0 aliphatic carbocycles. The van der Waals surface area contributed by atoms with Gasteiger partial charge in [0.2, 0.25) is 5.91 Å². The molecule has 0 aliphatic rings. The quantitative estimate of drug-likeness (QED) is 0.590. The number of halogens is 1. The average molecular weight is 211 g/mol. The van der Waals surface area contributed by atoms with E-state index in [4.69, 9.17) is 11.6 Å². The molecule has 74 valence electrons. The predicted octanol–water partition coefficient (Wildman–Crippen LogP) is 2.20. The van der Waals surface area contributed by atoms with Crippen LogP contribution < -0.4 is 5.43 Å². The Morgan fingerprint density at radius 2 is 2.00 bits per heavy atom. The van der Waals surface area contributed by atoms with Crippen LogP contribution in [0.4, 0.5) is 0 Å². The second kappa shape index (κ2) is 4.77. The van der Waals surface area contributed by atoms with E-state index >= 15 is 0 Å². The monoisotopic (exact) mass is 210 g/mol. The Labute approximate surface area is 87.8 Å². The molecule has 0 bridgehead atoms. The van der Waals surface area contributed by atoms with Crippen LogP contribution in [0.15, 0.2) is 29.4 Å². The SMILES string of the molecule is CC(=O)NN=C(C)c1ccccc1Cl. The summed E-state index contributed by atoms with van der Waals surface area (Å²) >= 11 is 5.94. The van der Waals surface area contributed by atoms with Crippen LogP contribution in [0.2, 0.25) is 5.02 Å². The van der Waals surface area contributed by atoms with E-state index in [0.29, 0.717) is 10.7 Å². The second-order valence-corrected chi connectivity index (χ2v) is 3.25. The summed E-state index contributed by atoms with van der Waals surface area (Å²) in [7, 11) is 0. The highest BCUT2D eigenvalue weighted by Crippen LogP contribution is 2.15. The smallest absolute Gasteiger partial charge is 0.236 e. The van der Waals surface area contributed by atoms with E-state index in [2.05, 4.69) is 10.5 Å². The van der Waals surface area contributed by atoms with Crippen molar-refractivity contribution in [2.75, 3.05) is 0 Å². The molecule has 0 aromatic heterocycles. The van der Waals surface area contributed by atoms with Gasteiger partial charge < -0.3 is 0 Å².